The maximum atomic E-state index is 13.0. The van der Waals surface area contributed by atoms with E-state index in [1.807, 2.05) is 30.3 Å². The number of anilines is 1. The van der Waals surface area contributed by atoms with Crippen molar-refractivity contribution in [2.24, 2.45) is 0 Å². The summed E-state index contributed by atoms with van der Waals surface area (Å²) in [6.07, 6.45) is 4.00. The van der Waals surface area contributed by atoms with Crippen LogP contribution in [0.3, 0.4) is 0 Å². The quantitative estimate of drug-likeness (QED) is 0.390. The van der Waals surface area contributed by atoms with Crippen LogP contribution in [0.25, 0.3) is 0 Å². The summed E-state index contributed by atoms with van der Waals surface area (Å²) < 4.78 is 26.0. The molecule has 4 rings (SSSR count). The molecule has 0 radical (unpaired) electrons. The summed E-state index contributed by atoms with van der Waals surface area (Å²) in [5.74, 6) is 0.749. The number of nitrogens with zero attached hydrogens (tertiary/aromatic N) is 3. The van der Waals surface area contributed by atoms with Crippen molar-refractivity contribution in [3.8, 4) is 5.75 Å². The zero-order valence-electron chi connectivity index (χ0n) is 17.2. The Bertz CT molecular complexity index is 1210. The van der Waals surface area contributed by atoms with E-state index < -0.39 is 5.91 Å². The molecule has 1 N–H and O–H groups in total. The minimum atomic E-state index is -0.470. The Morgan fingerprint density at radius 3 is 2.78 bits per heavy atom. The van der Waals surface area contributed by atoms with Crippen LogP contribution in [0.4, 0.5) is 10.3 Å². The number of rotatable bonds is 9. The predicted molar refractivity (Wildman–Crippen MR) is 117 cm³/mol. The number of hydrogen-bond acceptors (Lipinski definition) is 5. The number of aromatic nitrogens is 3. The van der Waals surface area contributed by atoms with E-state index in [1.165, 1.54) is 18.5 Å². The normalized spacial score (nSPS) is 10.7. The average Bonchev–Trinajstić information content (AvgIpc) is 3.45. The van der Waals surface area contributed by atoms with Crippen LogP contribution >= 0.6 is 0 Å². The van der Waals surface area contributed by atoms with E-state index in [0.29, 0.717) is 18.7 Å². The Kier molecular flexibility index (Phi) is 6.41. The number of hydrogen-bond donors (Lipinski definition) is 1. The van der Waals surface area contributed by atoms with Gasteiger partial charge in [-0.25, -0.2) is 14.1 Å². The van der Waals surface area contributed by atoms with Crippen molar-refractivity contribution >= 4 is 11.9 Å². The van der Waals surface area contributed by atoms with E-state index in [-0.39, 0.29) is 24.1 Å². The summed E-state index contributed by atoms with van der Waals surface area (Å²) in [5.41, 5.74) is 1.88. The van der Waals surface area contributed by atoms with Gasteiger partial charge in [0.15, 0.2) is 5.76 Å². The average molecular weight is 432 g/mol. The molecule has 162 valence electrons. The Morgan fingerprint density at radius 1 is 1.16 bits per heavy atom. The van der Waals surface area contributed by atoms with Crippen molar-refractivity contribution in [2.75, 3.05) is 5.32 Å². The molecule has 0 saturated carbocycles. The molecule has 8 heteroatoms. The van der Waals surface area contributed by atoms with Crippen molar-refractivity contribution in [2.45, 2.75) is 19.6 Å². The number of para-hydroxylation sites is 1. The smallest absolute Gasteiger partial charge is 0.293 e. The van der Waals surface area contributed by atoms with Crippen LogP contribution in [0.5, 0.6) is 5.75 Å². The van der Waals surface area contributed by atoms with Crippen molar-refractivity contribution in [1.29, 1.82) is 0 Å². The van der Waals surface area contributed by atoms with Gasteiger partial charge in [0.25, 0.3) is 5.91 Å². The third-order valence-electron chi connectivity index (χ3n) is 4.61. The topological polar surface area (TPSA) is 82.2 Å². The van der Waals surface area contributed by atoms with Gasteiger partial charge >= 0.3 is 0 Å². The monoisotopic (exact) mass is 432 g/mol. The van der Waals surface area contributed by atoms with Crippen LogP contribution in [-0.2, 0) is 19.6 Å². The van der Waals surface area contributed by atoms with Crippen molar-refractivity contribution in [3.63, 3.8) is 0 Å². The van der Waals surface area contributed by atoms with E-state index in [1.54, 1.807) is 28.9 Å². The zero-order chi connectivity index (χ0) is 22.3. The van der Waals surface area contributed by atoms with Gasteiger partial charge in [-0.1, -0.05) is 36.4 Å². The third kappa shape index (κ3) is 5.28. The molecule has 0 aliphatic carbocycles. The second-order valence-electron chi connectivity index (χ2n) is 7.00. The minimum Gasteiger partial charge on any atom is -0.485 e. The van der Waals surface area contributed by atoms with Crippen LogP contribution in [-0.4, -0.2) is 20.7 Å². The lowest BCUT2D eigenvalue weighted by Gasteiger charge is -2.08. The largest absolute Gasteiger partial charge is 0.485 e. The molecule has 0 bridgehead atoms. The molecule has 2 aromatic carbocycles. The lowest BCUT2D eigenvalue weighted by atomic mass is 10.1. The Labute approximate surface area is 184 Å². The van der Waals surface area contributed by atoms with E-state index in [9.17, 15) is 9.18 Å². The molecule has 7 nitrogen and oxygen atoms in total. The molecule has 0 atom stereocenters. The molecule has 0 fully saturated rings. The molecule has 2 heterocycles. The molecule has 0 aliphatic rings. The van der Waals surface area contributed by atoms with Crippen LogP contribution < -0.4 is 10.1 Å². The molecular formula is C24H21FN4O3. The molecule has 4 aromatic rings. The Morgan fingerprint density at radius 2 is 1.97 bits per heavy atom. The summed E-state index contributed by atoms with van der Waals surface area (Å²) in [6, 6.07) is 17.0. The fraction of sp³-hybridized carbons (Fsp3) is 0.125. The first-order valence-electron chi connectivity index (χ1n) is 9.96. The van der Waals surface area contributed by atoms with Crippen LogP contribution in [0.15, 0.2) is 84.1 Å². The SMILES string of the molecule is C=CCc1ccccc1OCc1ccc(C(=O)Nc2ncn(Cc3ccc(F)cc3)n2)o1. The first-order valence-corrected chi connectivity index (χ1v) is 9.96. The van der Waals surface area contributed by atoms with E-state index in [2.05, 4.69) is 22.0 Å². The number of carbonyl (C=O) groups is 1. The lowest BCUT2D eigenvalue weighted by Crippen LogP contribution is -2.12. The van der Waals surface area contributed by atoms with Gasteiger partial charge in [-0.05, 0) is 47.9 Å². The highest BCUT2D eigenvalue weighted by atomic mass is 19.1. The fourth-order valence-corrected chi connectivity index (χ4v) is 3.06. The van der Waals surface area contributed by atoms with Crippen molar-refractivity contribution in [1.82, 2.24) is 14.8 Å². The van der Waals surface area contributed by atoms with Gasteiger partial charge in [-0.15, -0.1) is 11.7 Å². The summed E-state index contributed by atoms with van der Waals surface area (Å²) in [6.45, 7) is 4.34. The molecular weight excluding hydrogens is 411 g/mol. The van der Waals surface area contributed by atoms with Gasteiger partial charge in [-0.2, -0.15) is 0 Å². The van der Waals surface area contributed by atoms with Crippen molar-refractivity contribution in [3.05, 3.63) is 108 Å². The number of allylic oxidation sites excluding steroid dienone is 1. The van der Waals surface area contributed by atoms with Gasteiger partial charge in [-0.3, -0.25) is 10.1 Å². The van der Waals surface area contributed by atoms with Gasteiger partial charge in [0.05, 0.1) is 6.54 Å². The molecule has 32 heavy (non-hydrogen) atoms. The van der Waals surface area contributed by atoms with Crippen LogP contribution in [0, 0.1) is 5.82 Å². The van der Waals surface area contributed by atoms with Crippen LogP contribution in [0.2, 0.25) is 0 Å². The van der Waals surface area contributed by atoms with Gasteiger partial charge < -0.3 is 9.15 Å². The number of amides is 1. The Hall–Kier alpha value is -4.20. The predicted octanol–water partition coefficient (Wildman–Crippen LogP) is 4.62. The first kappa shape index (κ1) is 21.0. The van der Waals surface area contributed by atoms with Gasteiger partial charge in [0.1, 0.15) is 30.3 Å². The summed E-state index contributed by atoms with van der Waals surface area (Å²) in [7, 11) is 0. The molecule has 0 spiro atoms. The highest BCUT2D eigenvalue weighted by molar-refractivity contribution is 6.01. The standard InChI is InChI=1S/C24H21FN4O3/c1-2-5-18-6-3-4-7-21(18)31-15-20-12-13-22(32-20)23(30)27-24-26-16-29(28-24)14-17-8-10-19(25)11-9-17/h2-4,6-13,16H,1,5,14-15H2,(H,27,28,30). The number of nitrogens with one attached hydrogen (secondary N) is 1. The summed E-state index contributed by atoms with van der Waals surface area (Å²) in [4.78, 5) is 16.5. The highest BCUT2D eigenvalue weighted by Gasteiger charge is 2.14. The molecule has 0 aliphatic heterocycles. The molecule has 0 saturated heterocycles. The first-order chi connectivity index (χ1) is 15.6. The second-order valence-corrected chi connectivity index (χ2v) is 7.00. The highest BCUT2D eigenvalue weighted by Crippen LogP contribution is 2.21. The van der Waals surface area contributed by atoms with E-state index >= 15 is 0 Å². The Balaban J connectivity index is 1.33. The summed E-state index contributed by atoms with van der Waals surface area (Å²) in [5, 5.41) is 6.81. The lowest BCUT2D eigenvalue weighted by molar-refractivity contribution is 0.0991. The maximum absolute atomic E-state index is 13.0. The molecule has 1 amide bonds. The van der Waals surface area contributed by atoms with E-state index in [4.69, 9.17) is 9.15 Å². The number of carbonyl (C=O) groups excluding carboxylic acids is 1. The van der Waals surface area contributed by atoms with E-state index in [0.717, 1.165) is 16.9 Å². The number of benzene rings is 2. The van der Waals surface area contributed by atoms with Crippen molar-refractivity contribution < 1.29 is 18.3 Å². The third-order valence-corrected chi connectivity index (χ3v) is 4.61. The fourth-order valence-electron chi connectivity index (χ4n) is 3.06. The van der Waals surface area contributed by atoms with Crippen LogP contribution in [0.1, 0.15) is 27.4 Å². The summed E-state index contributed by atoms with van der Waals surface area (Å²) >= 11 is 0. The second kappa shape index (κ2) is 9.74. The number of ether oxygens (including phenoxy) is 1. The molecule has 0 unspecified atom stereocenters. The maximum Gasteiger partial charge on any atom is 0.293 e. The minimum absolute atomic E-state index is 0.123. The zero-order valence-corrected chi connectivity index (χ0v) is 17.2. The van der Waals surface area contributed by atoms with Gasteiger partial charge in [0.2, 0.25) is 5.95 Å². The number of halogens is 1. The van der Waals surface area contributed by atoms with Gasteiger partial charge in [0, 0.05) is 0 Å². The molecule has 2 aromatic heterocycles. The number of furan rings is 1.